The summed E-state index contributed by atoms with van der Waals surface area (Å²) in [6.45, 7) is 13.0. The molecule has 23 heteroatoms. The topological polar surface area (TPSA) is 346 Å². The predicted molar refractivity (Wildman–Crippen MR) is 251 cm³/mol. The molecule has 0 bridgehead atoms. The van der Waals surface area contributed by atoms with E-state index in [1.807, 2.05) is 25.3 Å². The molecule has 1 aliphatic heterocycles. The first-order valence-electron chi connectivity index (χ1n) is 22.9. The summed E-state index contributed by atoms with van der Waals surface area (Å²) in [6, 6.07) is -6.06. The number of hydrogen-bond donors (Lipinski definition) is 11. The smallest absolute Gasteiger partial charge is 0.325 e. The third-order valence-electron chi connectivity index (χ3n) is 11.2. The van der Waals surface area contributed by atoms with E-state index in [-0.39, 0.29) is 63.5 Å². The van der Waals surface area contributed by atoms with E-state index in [0.717, 1.165) is 4.88 Å². The van der Waals surface area contributed by atoms with Gasteiger partial charge in [0.05, 0.1) is 6.10 Å². The summed E-state index contributed by atoms with van der Waals surface area (Å²) in [5, 5.41) is 40.3. The molecule has 0 spiro atoms. The number of aliphatic carboxylic acids is 1. The molecule has 1 aliphatic rings. The van der Waals surface area contributed by atoms with Crippen LogP contribution >= 0.6 is 11.3 Å². The average molecular weight is 964 g/mol. The van der Waals surface area contributed by atoms with Crippen molar-refractivity contribution >= 4 is 70.5 Å². The number of hydrogen-bond acceptors (Lipinski definition) is 12. The molecular formula is C44H73N11O11S. The summed E-state index contributed by atoms with van der Waals surface area (Å²) in [6.07, 6.45) is 0.680. The highest BCUT2D eigenvalue weighted by Crippen LogP contribution is 2.21. The Morgan fingerprint density at radius 1 is 0.791 bits per heavy atom. The monoisotopic (exact) mass is 964 g/mol. The Kier molecular flexibility index (Phi) is 24.3. The molecule has 1 saturated heterocycles. The number of carboxylic acids is 1. The minimum atomic E-state index is -1.59. The van der Waals surface area contributed by atoms with Crippen molar-refractivity contribution in [1.82, 2.24) is 42.1 Å². The van der Waals surface area contributed by atoms with Gasteiger partial charge in [0.15, 0.2) is 5.96 Å². The number of carbonyl (C=O) groups is 9. The Morgan fingerprint density at radius 3 is 1.94 bits per heavy atom. The van der Waals surface area contributed by atoms with Crippen molar-refractivity contribution in [2.75, 3.05) is 13.1 Å². The van der Waals surface area contributed by atoms with Crippen molar-refractivity contribution in [2.24, 2.45) is 28.3 Å². The predicted octanol–water partition coefficient (Wildman–Crippen LogP) is -0.874. The summed E-state index contributed by atoms with van der Waals surface area (Å²) in [5.74, 6) is -7.58. The number of nitrogens with one attached hydrogen (secondary N) is 7. The van der Waals surface area contributed by atoms with Crippen LogP contribution < -0.4 is 48.7 Å². The first-order chi connectivity index (χ1) is 31.5. The highest BCUT2D eigenvalue weighted by Gasteiger charge is 2.40. The molecule has 0 aromatic carbocycles. The van der Waals surface area contributed by atoms with Gasteiger partial charge in [-0.1, -0.05) is 53.5 Å². The Bertz CT molecular complexity index is 1880. The fourth-order valence-corrected chi connectivity index (χ4v) is 8.14. The van der Waals surface area contributed by atoms with Crippen LogP contribution in [0.3, 0.4) is 0 Å². The number of aliphatic hydroxyl groups excluding tert-OH is 1. The van der Waals surface area contributed by atoms with Crippen molar-refractivity contribution in [3.63, 3.8) is 0 Å². The molecule has 1 fully saturated rings. The lowest BCUT2D eigenvalue weighted by Gasteiger charge is -2.32. The molecule has 2 rings (SSSR count). The standard InChI is InChI=1S/C44H73N11O11S/c1-9-14-29(50-41(63)35(26(7)56)54-38(60)31(21-23(3)4)52-37(59)32(49-27(8)57)22-28-15-13-20-67-28)36(58)53-34(24(5)10-2)40(62)51-30(16-11-18-47-44(45)46)42(64)55-19-12-17-33(55)39(61)48-25(6)43(65)66/h13,15,20,23-26,29-35,56H,9-12,14,16-19,21-22H2,1-8H3,(H,48,61)(H,49,57)(H,50,63)(H,51,62)(H,52,59)(H,53,58)(H,54,60)(H,65,66)(H4,45,46,47)/t24-,25+,26+,29-,30-,31+,32-,33-,34-,35-/m0/s1. The van der Waals surface area contributed by atoms with E-state index in [2.05, 4.69) is 42.2 Å². The zero-order valence-electron chi connectivity index (χ0n) is 39.9. The van der Waals surface area contributed by atoms with E-state index in [9.17, 15) is 53.4 Å². The Morgan fingerprint density at radius 2 is 1.39 bits per heavy atom. The van der Waals surface area contributed by atoms with Crippen molar-refractivity contribution in [3.8, 4) is 0 Å². The van der Waals surface area contributed by atoms with Crippen molar-refractivity contribution in [1.29, 1.82) is 0 Å². The molecule has 0 aliphatic carbocycles. The number of nitrogens with zero attached hydrogens (tertiary/aromatic N) is 2. The molecule has 0 unspecified atom stereocenters. The van der Waals surface area contributed by atoms with Crippen LogP contribution in [0.1, 0.15) is 112 Å². The minimum Gasteiger partial charge on any atom is -0.480 e. The molecule has 13 N–H and O–H groups in total. The van der Waals surface area contributed by atoms with Gasteiger partial charge in [-0.2, -0.15) is 0 Å². The number of likely N-dealkylation sites (tertiary alicyclic amines) is 1. The first kappa shape index (κ1) is 57.3. The first-order valence-corrected chi connectivity index (χ1v) is 23.8. The molecule has 67 heavy (non-hydrogen) atoms. The van der Waals surface area contributed by atoms with Gasteiger partial charge in [0.25, 0.3) is 0 Å². The Labute approximate surface area is 396 Å². The van der Waals surface area contributed by atoms with Crippen molar-refractivity contribution < 1.29 is 53.4 Å². The summed E-state index contributed by atoms with van der Waals surface area (Å²) in [5.41, 5.74) is 11.0. The number of aliphatic imine (C=N–C) groups is 1. The number of amides is 8. The van der Waals surface area contributed by atoms with Gasteiger partial charge in [-0.05, 0) is 75.7 Å². The Hall–Kier alpha value is -5.84. The van der Waals surface area contributed by atoms with Crippen LogP contribution in [0.5, 0.6) is 0 Å². The zero-order chi connectivity index (χ0) is 50.5. The lowest BCUT2D eigenvalue weighted by atomic mass is 9.96. The third kappa shape index (κ3) is 19.1. The zero-order valence-corrected chi connectivity index (χ0v) is 40.7. The molecule has 8 amide bonds. The van der Waals surface area contributed by atoms with E-state index < -0.39 is 114 Å². The van der Waals surface area contributed by atoms with Gasteiger partial charge in [-0.3, -0.25) is 48.1 Å². The highest BCUT2D eigenvalue weighted by molar-refractivity contribution is 7.09. The van der Waals surface area contributed by atoms with E-state index in [1.54, 1.807) is 26.8 Å². The average Bonchev–Trinajstić information content (AvgIpc) is 3.97. The van der Waals surface area contributed by atoms with E-state index in [1.165, 1.54) is 37.0 Å². The van der Waals surface area contributed by atoms with Crippen molar-refractivity contribution in [2.45, 2.75) is 168 Å². The minimum absolute atomic E-state index is 0.0343. The second-order valence-corrected chi connectivity index (χ2v) is 18.5. The van der Waals surface area contributed by atoms with Gasteiger partial charge in [0, 0.05) is 31.3 Å². The summed E-state index contributed by atoms with van der Waals surface area (Å²) >= 11 is 1.40. The highest BCUT2D eigenvalue weighted by atomic mass is 32.1. The van der Waals surface area contributed by atoms with Gasteiger partial charge in [0.2, 0.25) is 47.3 Å². The van der Waals surface area contributed by atoms with Crippen LogP contribution in [-0.2, 0) is 49.6 Å². The van der Waals surface area contributed by atoms with Gasteiger partial charge in [-0.15, -0.1) is 11.3 Å². The van der Waals surface area contributed by atoms with Crippen LogP contribution in [0, 0.1) is 11.8 Å². The number of carboxylic acid groups (broad SMARTS) is 1. The summed E-state index contributed by atoms with van der Waals surface area (Å²) in [7, 11) is 0. The number of aliphatic hydroxyl groups is 1. The van der Waals surface area contributed by atoms with Gasteiger partial charge < -0.3 is 63.8 Å². The van der Waals surface area contributed by atoms with Crippen LogP contribution in [-0.4, -0.2) is 142 Å². The van der Waals surface area contributed by atoms with Crippen LogP contribution in [0.15, 0.2) is 22.5 Å². The second kappa shape index (κ2) is 28.4. The van der Waals surface area contributed by atoms with Gasteiger partial charge >= 0.3 is 5.97 Å². The number of carbonyl (C=O) groups excluding carboxylic acids is 8. The number of rotatable bonds is 28. The summed E-state index contributed by atoms with van der Waals surface area (Å²) in [4.78, 5) is 126. The largest absolute Gasteiger partial charge is 0.480 e. The maximum absolute atomic E-state index is 14.2. The van der Waals surface area contributed by atoms with E-state index in [0.29, 0.717) is 19.3 Å². The maximum Gasteiger partial charge on any atom is 0.325 e. The molecule has 22 nitrogen and oxygen atoms in total. The fraction of sp³-hybridized carbons (Fsp3) is 0.682. The third-order valence-corrected chi connectivity index (χ3v) is 12.1. The SMILES string of the molecule is CCC[C@H](NC(=O)[C@@H](NC(=O)[C@@H](CC(C)C)NC(=O)[C@H](Cc1cccs1)NC(C)=O)[C@@H](C)O)C(=O)N[C@H](C(=O)N[C@@H](CCCN=C(N)N)C(=O)N1CCC[C@H]1C(=O)N[C@H](C)C(=O)O)[C@@H](C)CC. The molecular weight excluding hydrogens is 891 g/mol. The molecule has 0 saturated carbocycles. The number of guanidine groups is 1. The van der Waals surface area contributed by atoms with E-state index in [4.69, 9.17) is 11.5 Å². The molecule has 2 heterocycles. The maximum atomic E-state index is 14.2. The number of nitrogens with two attached hydrogens (primary N) is 2. The normalized spacial score (nSPS) is 17.5. The molecule has 376 valence electrons. The molecule has 1 aromatic heterocycles. The Balaban J connectivity index is 2.32. The fourth-order valence-electron chi connectivity index (χ4n) is 7.39. The van der Waals surface area contributed by atoms with Gasteiger partial charge in [0.1, 0.15) is 48.3 Å². The van der Waals surface area contributed by atoms with Crippen LogP contribution in [0.4, 0.5) is 0 Å². The molecule has 1 aromatic rings. The number of thiophene rings is 1. The van der Waals surface area contributed by atoms with Gasteiger partial charge in [-0.25, -0.2) is 0 Å². The lowest BCUT2D eigenvalue weighted by molar-refractivity contribution is -0.144. The van der Waals surface area contributed by atoms with E-state index >= 15 is 0 Å². The van der Waals surface area contributed by atoms with Crippen LogP contribution in [0.25, 0.3) is 0 Å². The van der Waals surface area contributed by atoms with Crippen LogP contribution in [0.2, 0.25) is 0 Å². The van der Waals surface area contributed by atoms with Crippen molar-refractivity contribution in [3.05, 3.63) is 22.4 Å². The molecule has 10 atom stereocenters. The second-order valence-electron chi connectivity index (χ2n) is 17.4. The quantitative estimate of drug-likeness (QED) is 0.0277. The lowest BCUT2D eigenvalue weighted by Crippen LogP contribution is -2.62. The molecule has 0 radical (unpaired) electrons. The summed E-state index contributed by atoms with van der Waals surface area (Å²) < 4.78 is 0.